The second-order valence-corrected chi connectivity index (χ2v) is 11.8. The van der Waals surface area contributed by atoms with Gasteiger partial charge in [-0.05, 0) is 68.8 Å². The second kappa shape index (κ2) is 7.77. The first-order valence-corrected chi connectivity index (χ1v) is 12.6. The summed E-state index contributed by atoms with van der Waals surface area (Å²) in [4.78, 5) is 12.0. The average molecular weight is 455 g/mol. The molecule has 4 aliphatic carbocycles. The van der Waals surface area contributed by atoms with Gasteiger partial charge in [0.25, 0.3) is 0 Å². The van der Waals surface area contributed by atoms with Gasteiger partial charge in [0.2, 0.25) is 0 Å². The first-order chi connectivity index (χ1) is 14.4. The molecule has 1 aromatic rings. The molecule has 30 heavy (non-hydrogen) atoms. The number of ether oxygens (including phenoxy) is 2. The van der Waals surface area contributed by atoms with Crippen molar-refractivity contribution in [1.82, 2.24) is 0 Å². The standard InChI is InChI=1S/C23H28ClFO4S/c1-28-22(26)15-3-2-4-20(15)30(27)21-7-17(24)19(8-18(21)25)29-12-23-9-13-5-6-14(10-23)16(13)11-23/h7-8,13-16,20H,2-6,9-12H2,1H3/t13-,14+,15?,16?,20?,23?,30?. The van der Waals surface area contributed by atoms with Gasteiger partial charge in [0.1, 0.15) is 11.6 Å². The van der Waals surface area contributed by atoms with Gasteiger partial charge < -0.3 is 9.47 Å². The van der Waals surface area contributed by atoms with Crippen molar-refractivity contribution in [2.45, 2.75) is 61.5 Å². The lowest BCUT2D eigenvalue weighted by Gasteiger charge is -2.29. The van der Waals surface area contributed by atoms with E-state index >= 15 is 0 Å². The first kappa shape index (κ1) is 20.7. The van der Waals surface area contributed by atoms with E-state index in [-0.39, 0.29) is 21.3 Å². The van der Waals surface area contributed by atoms with Crippen LogP contribution in [0.15, 0.2) is 17.0 Å². The van der Waals surface area contributed by atoms with Crippen molar-refractivity contribution < 1.29 is 22.9 Å². The van der Waals surface area contributed by atoms with Crippen molar-refractivity contribution >= 4 is 28.4 Å². The van der Waals surface area contributed by atoms with Crippen LogP contribution in [0, 0.1) is 34.9 Å². The van der Waals surface area contributed by atoms with Gasteiger partial charge in [-0.3, -0.25) is 9.00 Å². The summed E-state index contributed by atoms with van der Waals surface area (Å²) in [6.07, 6.45) is 8.35. The molecule has 2 bridgehead atoms. The number of carbonyl (C=O) groups excluding carboxylic acids is 1. The van der Waals surface area contributed by atoms with Crippen LogP contribution in [-0.4, -0.2) is 29.1 Å². The Hall–Kier alpha value is -1.14. The van der Waals surface area contributed by atoms with E-state index in [1.54, 1.807) is 0 Å². The lowest BCUT2D eigenvalue weighted by atomic mass is 9.80. The normalized spacial score (nSPS) is 37.5. The number of halogens is 2. The number of benzene rings is 1. The molecule has 0 aromatic heterocycles. The first-order valence-electron chi connectivity index (χ1n) is 11.0. The number of esters is 1. The van der Waals surface area contributed by atoms with Gasteiger partial charge >= 0.3 is 5.97 Å². The van der Waals surface area contributed by atoms with E-state index in [0.29, 0.717) is 25.2 Å². The van der Waals surface area contributed by atoms with Crippen LogP contribution < -0.4 is 4.74 Å². The third kappa shape index (κ3) is 3.38. The molecule has 7 heteroatoms. The largest absolute Gasteiger partial charge is 0.491 e. The predicted molar refractivity (Wildman–Crippen MR) is 112 cm³/mol. The van der Waals surface area contributed by atoms with Crippen molar-refractivity contribution in [2.24, 2.45) is 29.1 Å². The molecule has 0 amide bonds. The molecule has 0 heterocycles. The molecule has 5 rings (SSSR count). The summed E-state index contributed by atoms with van der Waals surface area (Å²) >= 11 is 6.41. The van der Waals surface area contributed by atoms with Gasteiger partial charge in [-0.15, -0.1) is 0 Å². The lowest BCUT2D eigenvalue weighted by Crippen LogP contribution is -2.28. The van der Waals surface area contributed by atoms with Crippen LogP contribution in [0.2, 0.25) is 5.02 Å². The smallest absolute Gasteiger partial charge is 0.309 e. The summed E-state index contributed by atoms with van der Waals surface area (Å²) < 4.78 is 38.9. The Labute approximate surface area is 184 Å². The van der Waals surface area contributed by atoms with Gasteiger partial charge in [0.15, 0.2) is 0 Å². The maximum absolute atomic E-state index is 14.9. The molecule has 0 spiro atoms. The molecule has 4 fully saturated rings. The van der Waals surface area contributed by atoms with Gasteiger partial charge in [-0.2, -0.15) is 0 Å². The number of rotatable bonds is 6. The Kier molecular flexibility index (Phi) is 5.37. The minimum atomic E-state index is -1.67. The summed E-state index contributed by atoms with van der Waals surface area (Å²) in [7, 11) is -0.342. The second-order valence-electron chi connectivity index (χ2n) is 9.77. The predicted octanol–water partition coefficient (Wildman–Crippen LogP) is 5.13. The number of hydrogen-bond donors (Lipinski definition) is 0. The summed E-state index contributed by atoms with van der Waals surface area (Å²) in [5.41, 5.74) is 0.218. The molecule has 0 saturated heterocycles. The SMILES string of the molecule is COC(=O)C1CCCC1S(=O)c1cc(Cl)c(OCC23CC4[C@H](CC[C@H]4C2)C3)cc1F. The van der Waals surface area contributed by atoms with E-state index in [2.05, 4.69) is 0 Å². The Balaban J connectivity index is 1.30. The fraction of sp³-hybridized carbons (Fsp3) is 0.696. The van der Waals surface area contributed by atoms with Crippen molar-refractivity contribution in [2.75, 3.05) is 13.7 Å². The molecule has 164 valence electrons. The topological polar surface area (TPSA) is 52.6 Å². The average Bonchev–Trinajstić information content (AvgIpc) is 3.47. The highest BCUT2D eigenvalue weighted by Crippen LogP contribution is 2.65. The summed E-state index contributed by atoms with van der Waals surface area (Å²) in [6, 6.07) is 2.69. The maximum atomic E-state index is 14.9. The van der Waals surface area contributed by atoms with E-state index in [1.165, 1.54) is 51.3 Å². The monoisotopic (exact) mass is 454 g/mol. The zero-order valence-corrected chi connectivity index (χ0v) is 18.8. The van der Waals surface area contributed by atoms with E-state index in [1.807, 2.05) is 0 Å². The number of carbonyl (C=O) groups is 1. The summed E-state index contributed by atoms with van der Waals surface area (Å²) in [6.45, 7) is 0.575. The number of fused-ring (bicyclic) bond motifs is 1. The Morgan fingerprint density at radius 2 is 1.93 bits per heavy atom. The number of methoxy groups -OCH3 is 1. The highest BCUT2D eigenvalue weighted by Gasteiger charge is 2.58. The third-order valence-electron chi connectivity index (χ3n) is 8.15. The fourth-order valence-electron chi connectivity index (χ4n) is 6.89. The highest BCUT2D eigenvalue weighted by atomic mass is 35.5. The molecule has 1 aromatic carbocycles. The van der Waals surface area contributed by atoms with Gasteiger partial charge in [-0.1, -0.05) is 18.0 Å². The minimum absolute atomic E-state index is 0.0474. The number of hydrogen-bond acceptors (Lipinski definition) is 4. The Bertz CT molecular complexity index is 871. The van der Waals surface area contributed by atoms with Gasteiger partial charge in [-0.25, -0.2) is 4.39 Å². The van der Waals surface area contributed by atoms with Gasteiger partial charge in [0, 0.05) is 11.5 Å². The molecule has 4 aliphatic rings. The van der Waals surface area contributed by atoms with E-state index in [4.69, 9.17) is 21.1 Å². The molecule has 5 unspecified atom stereocenters. The molecule has 0 aliphatic heterocycles. The Morgan fingerprint density at radius 3 is 2.60 bits per heavy atom. The third-order valence-corrected chi connectivity index (χ3v) is 10.3. The van der Waals surface area contributed by atoms with Crippen LogP contribution in [0.1, 0.15) is 51.4 Å². The molecular formula is C23H28ClFO4S. The van der Waals surface area contributed by atoms with Crippen LogP contribution in [0.25, 0.3) is 0 Å². The van der Waals surface area contributed by atoms with Crippen molar-refractivity contribution in [1.29, 1.82) is 0 Å². The molecular weight excluding hydrogens is 427 g/mol. The molecule has 0 radical (unpaired) electrons. The van der Waals surface area contributed by atoms with Crippen molar-refractivity contribution in [3.8, 4) is 5.75 Å². The molecule has 4 nitrogen and oxygen atoms in total. The van der Waals surface area contributed by atoms with Gasteiger partial charge in [0.05, 0.1) is 45.6 Å². The fourth-order valence-corrected chi connectivity index (χ4v) is 8.91. The molecule has 0 N–H and O–H groups in total. The lowest BCUT2D eigenvalue weighted by molar-refractivity contribution is -0.145. The van der Waals surface area contributed by atoms with Crippen molar-refractivity contribution in [3.63, 3.8) is 0 Å². The quantitative estimate of drug-likeness (QED) is 0.559. The Morgan fingerprint density at radius 1 is 1.20 bits per heavy atom. The van der Waals surface area contributed by atoms with Crippen molar-refractivity contribution in [3.05, 3.63) is 23.0 Å². The van der Waals surface area contributed by atoms with E-state index in [9.17, 15) is 13.4 Å². The highest BCUT2D eigenvalue weighted by molar-refractivity contribution is 7.85. The van der Waals surface area contributed by atoms with E-state index in [0.717, 1.165) is 24.2 Å². The zero-order valence-electron chi connectivity index (χ0n) is 17.2. The molecule has 7 atom stereocenters. The van der Waals surface area contributed by atoms with Crippen LogP contribution >= 0.6 is 11.6 Å². The van der Waals surface area contributed by atoms with Crippen LogP contribution in [-0.2, 0) is 20.3 Å². The molecule has 4 saturated carbocycles. The van der Waals surface area contributed by atoms with Crippen LogP contribution in [0.3, 0.4) is 0 Å². The zero-order chi connectivity index (χ0) is 21.0. The minimum Gasteiger partial charge on any atom is -0.491 e. The maximum Gasteiger partial charge on any atom is 0.309 e. The van der Waals surface area contributed by atoms with E-state index < -0.39 is 27.8 Å². The summed E-state index contributed by atoms with van der Waals surface area (Å²) in [5, 5.41) is -0.169. The van der Waals surface area contributed by atoms with Crippen LogP contribution in [0.5, 0.6) is 5.75 Å². The summed E-state index contributed by atoms with van der Waals surface area (Å²) in [5.74, 6) is 1.45. The van der Waals surface area contributed by atoms with Crippen LogP contribution in [0.4, 0.5) is 4.39 Å².